The van der Waals surface area contributed by atoms with Gasteiger partial charge in [-0.15, -0.1) is 11.3 Å². The number of nitrogens with zero attached hydrogens (tertiary/aromatic N) is 3. The molecule has 0 aromatic carbocycles. The average Bonchev–Trinajstić information content (AvgIpc) is 2.85. The van der Waals surface area contributed by atoms with Crippen LogP contribution in [0.3, 0.4) is 0 Å². The van der Waals surface area contributed by atoms with Gasteiger partial charge in [0.1, 0.15) is 0 Å². The van der Waals surface area contributed by atoms with Gasteiger partial charge in [-0.1, -0.05) is 76.5 Å². The predicted molar refractivity (Wildman–Crippen MR) is 91.0 cm³/mol. The molecule has 0 aliphatic carbocycles. The van der Waals surface area contributed by atoms with Crippen molar-refractivity contribution in [1.82, 2.24) is 15.0 Å². The topological polar surface area (TPSA) is 38.7 Å². The molecule has 0 radical (unpaired) electrons. The molecule has 2 rings (SSSR count). The molecule has 0 atom stereocenters. The number of aromatic nitrogens is 3. The van der Waals surface area contributed by atoms with Crippen molar-refractivity contribution in [3.05, 3.63) is 28.7 Å². The molecule has 0 saturated heterocycles. The van der Waals surface area contributed by atoms with E-state index in [4.69, 9.17) is 69.6 Å². The maximum Gasteiger partial charge on any atom is 0.250 e. The van der Waals surface area contributed by atoms with Gasteiger partial charge in [0.05, 0.1) is 4.88 Å². The van der Waals surface area contributed by atoms with Gasteiger partial charge in [-0.2, -0.15) is 0 Å². The summed E-state index contributed by atoms with van der Waals surface area (Å²) in [5.74, 6) is 0.118. The minimum absolute atomic E-state index is 0.0923. The van der Waals surface area contributed by atoms with Crippen LogP contribution in [0.25, 0.3) is 10.7 Å². The Morgan fingerprint density at radius 1 is 0.952 bits per heavy atom. The summed E-state index contributed by atoms with van der Waals surface area (Å²) in [7, 11) is 0. The summed E-state index contributed by atoms with van der Waals surface area (Å²) in [6.45, 7) is 2.04. The molecule has 0 spiro atoms. The molecule has 114 valence electrons. The van der Waals surface area contributed by atoms with Gasteiger partial charge >= 0.3 is 0 Å². The fraction of sp³-hybridized carbons (Fsp3) is 0.364. The molecule has 0 fully saturated rings. The van der Waals surface area contributed by atoms with Crippen LogP contribution in [0.4, 0.5) is 0 Å². The van der Waals surface area contributed by atoms with Crippen LogP contribution >= 0.6 is 80.9 Å². The van der Waals surface area contributed by atoms with Gasteiger partial charge in [0.25, 0.3) is 0 Å². The number of halogens is 6. The third-order valence-corrected chi connectivity index (χ3v) is 4.41. The highest BCUT2D eigenvalue weighted by Crippen LogP contribution is 2.41. The van der Waals surface area contributed by atoms with Gasteiger partial charge in [0.2, 0.25) is 7.59 Å². The second-order valence-corrected chi connectivity index (χ2v) is 9.45. The second-order valence-electron chi connectivity index (χ2n) is 3.97. The summed E-state index contributed by atoms with van der Waals surface area (Å²) < 4.78 is -3.68. The van der Waals surface area contributed by atoms with E-state index in [1.807, 2.05) is 18.4 Å². The van der Waals surface area contributed by atoms with Crippen molar-refractivity contribution in [3.8, 4) is 10.7 Å². The van der Waals surface area contributed by atoms with Crippen LogP contribution in [0.2, 0.25) is 0 Å². The number of hydrogen-bond donors (Lipinski definition) is 0. The summed E-state index contributed by atoms with van der Waals surface area (Å²) in [5, 5.41) is 1.99. The predicted octanol–water partition coefficient (Wildman–Crippen LogP) is 5.82. The Kier molecular flexibility index (Phi) is 5.52. The summed E-state index contributed by atoms with van der Waals surface area (Å²) >= 11 is 36.4. The van der Waals surface area contributed by atoms with E-state index < -0.39 is 7.59 Å². The van der Waals surface area contributed by atoms with Crippen molar-refractivity contribution in [3.63, 3.8) is 0 Å². The molecule has 10 heteroatoms. The normalized spacial score (nSPS) is 12.7. The lowest BCUT2D eigenvalue weighted by Crippen LogP contribution is -2.16. The summed E-state index contributed by atoms with van der Waals surface area (Å²) in [5.41, 5.74) is 1.14. The summed E-state index contributed by atoms with van der Waals surface area (Å²) in [4.78, 5) is 13.0. The van der Waals surface area contributed by atoms with E-state index in [2.05, 4.69) is 15.0 Å². The van der Waals surface area contributed by atoms with Gasteiger partial charge in [-0.3, -0.25) is 0 Å². The molecular weight excluding hydrogens is 419 g/mol. The Balaban J connectivity index is 2.60. The second kappa shape index (κ2) is 6.52. The number of hydrogen-bond acceptors (Lipinski definition) is 4. The standard InChI is InChI=1S/C11H7Cl6N3S/c1-2-5-3-6(21-4-5)7-18-8(10(12,13)14)20-9(19-7)11(15,16)17/h3-4H,2H2,1H3. The molecule has 2 heterocycles. The van der Waals surface area contributed by atoms with Gasteiger partial charge in [0, 0.05) is 0 Å². The third kappa shape index (κ3) is 4.47. The minimum Gasteiger partial charge on any atom is -0.209 e. The van der Waals surface area contributed by atoms with Gasteiger partial charge in [0.15, 0.2) is 17.5 Å². The Hall–Kier alpha value is 0.450. The first-order chi connectivity index (χ1) is 9.61. The first kappa shape index (κ1) is 17.8. The fourth-order valence-electron chi connectivity index (χ4n) is 1.42. The fourth-order valence-corrected chi connectivity index (χ4v) is 2.85. The van der Waals surface area contributed by atoms with E-state index in [0.29, 0.717) is 5.82 Å². The number of rotatable bonds is 2. The zero-order valence-corrected chi connectivity index (χ0v) is 15.7. The zero-order valence-electron chi connectivity index (χ0n) is 10.4. The summed E-state index contributed by atoms with van der Waals surface area (Å²) in [6.07, 6.45) is 0.885. The highest BCUT2D eigenvalue weighted by atomic mass is 35.6. The quantitative estimate of drug-likeness (QED) is 0.569. The molecule has 0 amide bonds. The van der Waals surface area contributed by atoms with Crippen molar-refractivity contribution in [2.45, 2.75) is 20.9 Å². The van der Waals surface area contributed by atoms with Crippen LogP contribution < -0.4 is 0 Å². The van der Waals surface area contributed by atoms with Gasteiger partial charge < -0.3 is 0 Å². The highest BCUT2D eigenvalue weighted by molar-refractivity contribution is 7.13. The average molecular weight is 426 g/mol. The molecular formula is C11H7Cl6N3S. The molecule has 3 nitrogen and oxygen atoms in total. The monoisotopic (exact) mass is 423 g/mol. The molecule has 0 N–H and O–H groups in total. The Morgan fingerprint density at radius 3 is 1.86 bits per heavy atom. The lowest BCUT2D eigenvalue weighted by molar-refractivity contribution is 0.852. The lowest BCUT2D eigenvalue weighted by atomic mass is 10.2. The Labute approximate surface area is 155 Å². The van der Waals surface area contributed by atoms with Crippen molar-refractivity contribution in [1.29, 1.82) is 0 Å². The van der Waals surface area contributed by atoms with Crippen molar-refractivity contribution < 1.29 is 0 Å². The number of thiophene rings is 1. The van der Waals surface area contributed by atoms with Crippen molar-refractivity contribution >= 4 is 80.9 Å². The van der Waals surface area contributed by atoms with Gasteiger partial charge in [-0.25, -0.2) is 15.0 Å². The molecule has 0 aliphatic rings. The van der Waals surface area contributed by atoms with Gasteiger partial charge in [-0.05, 0) is 23.4 Å². The smallest absolute Gasteiger partial charge is 0.209 e. The third-order valence-electron chi connectivity index (χ3n) is 2.42. The maximum absolute atomic E-state index is 5.82. The van der Waals surface area contributed by atoms with Crippen LogP contribution in [-0.2, 0) is 14.0 Å². The van der Waals surface area contributed by atoms with E-state index >= 15 is 0 Å². The van der Waals surface area contributed by atoms with Crippen LogP contribution in [0, 0.1) is 0 Å². The number of aryl methyl sites for hydroxylation is 1. The lowest BCUT2D eigenvalue weighted by Gasteiger charge is -2.15. The highest BCUT2D eigenvalue weighted by Gasteiger charge is 2.34. The maximum atomic E-state index is 5.82. The molecule has 2 aromatic heterocycles. The molecule has 0 bridgehead atoms. The molecule has 2 aromatic rings. The number of alkyl halides is 6. The van der Waals surface area contributed by atoms with Crippen molar-refractivity contribution in [2.24, 2.45) is 0 Å². The first-order valence-electron chi connectivity index (χ1n) is 5.59. The molecule has 0 aliphatic heterocycles. The minimum atomic E-state index is -1.84. The van der Waals surface area contributed by atoms with Crippen LogP contribution in [0.5, 0.6) is 0 Å². The SMILES string of the molecule is CCc1csc(-c2nc(C(Cl)(Cl)Cl)nc(C(Cl)(Cl)Cl)n2)c1. The van der Waals surface area contributed by atoms with E-state index in [1.54, 1.807) is 0 Å². The van der Waals surface area contributed by atoms with E-state index in [0.717, 1.165) is 16.9 Å². The van der Waals surface area contributed by atoms with E-state index in [-0.39, 0.29) is 11.6 Å². The van der Waals surface area contributed by atoms with Crippen LogP contribution in [-0.4, -0.2) is 15.0 Å². The largest absolute Gasteiger partial charge is 0.250 e. The Bertz CT molecular complexity index is 614. The van der Waals surface area contributed by atoms with Crippen LogP contribution in [0.15, 0.2) is 11.4 Å². The first-order valence-corrected chi connectivity index (χ1v) is 8.74. The van der Waals surface area contributed by atoms with Crippen LogP contribution in [0.1, 0.15) is 24.1 Å². The van der Waals surface area contributed by atoms with E-state index in [1.165, 1.54) is 11.3 Å². The summed E-state index contributed by atoms with van der Waals surface area (Å²) in [6, 6.07) is 1.93. The molecule has 0 saturated carbocycles. The molecule has 0 unspecified atom stereocenters. The van der Waals surface area contributed by atoms with Crippen molar-refractivity contribution in [2.75, 3.05) is 0 Å². The van der Waals surface area contributed by atoms with E-state index in [9.17, 15) is 0 Å². The zero-order chi connectivity index (χ0) is 15.8. The molecule has 21 heavy (non-hydrogen) atoms. The Morgan fingerprint density at radius 2 is 1.48 bits per heavy atom.